The number of rotatable bonds is 4. The molecule has 1 saturated carbocycles. The molecule has 0 aliphatic heterocycles. The molecule has 0 heterocycles. The fourth-order valence-corrected chi connectivity index (χ4v) is 1.88. The smallest absolute Gasteiger partial charge is 0.251 e. The van der Waals surface area contributed by atoms with Crippen LogP contribution in [0.25, 0.3) is 0 Å². The lowest BCUT2D eigenvalue weighted by atomic mass is 9.89. The Balaban J connectivity index is 1.74. The van der Waals surface area contributed by atoms with E-state index in [0.717, 1.165) is 0 Å². The van der Waals surface area contributed by atoms with Gasteiger partial charge in [0.25, 0.3) is 5.91 Å². The van der Waals surface area contributed by atoms with Crippen LogP contribution in [-0.4, -0.2) is 35.6 Å². The van der Waals surface area contributed by atoms with Gasteiger partial charge in [-0.05, 0) is 37.1 Å². The van der Waals surface area contributed by atoms with Crippen LogP contribution in [0.3, 0.4) is 0 Å². The summed E-state index contributed by atoms with van der Waals surface area (Å²) in [7, 11) is 0. The van der Waals surface area contributed by atoms with Crippen molar-refractivity contribution in [1.29, 1.82) is 0 Å². The summed E-state index contributed by atoms with van der Waals surface area (Å²) >= 11 is 0. The molecule has 0 spiro atoms. The molecule has 0 bridgehead atoms. The van der Waals surface area contributed by atoms with E-state index >= 15 is 0 Å². The Morgan fingerprint density at radius 3 is 2.47 bits per heavy atom. The molecule has 1 aliphatic carbocycles. The van der Waals surface area contributed by atoms with E-state index in [-0.39, 0.29) is 30.5 Å². The van der Waals surface area contributed by atoms with Crippen LogP contribution in [0.15, 0.2) is 24.3 Å². The highest BCUT2D eigenvalue weighted by molar-refractivity contribution is 5.96. The van der Waals surface area contributed by atoms with Gasteiger partial charge >= 0.3 is 0 Å². The molecule has 1 aliphatic rings. The van der Waals surface area contributed by atoms with Gasteiger partial charge in [-0.3, -0.25) is 9.59 Å². The van der Waals surface area contributed by atoms with Crippen LogP contribution in [0, 0.1) is 0 Å². The molecule has 5 N–H and O–H groups in total. The molecule has 6 nitrogen and oxygen atoms in total. The van der Waals surface area contributed by atoms with E-state index in [2.05, 4.69) is 10.6 Å². The Morgan fingerprint density at radius 1 is 1.26 bits per heavy atom. The van der Waals surface area contributed by atoms with Crippen molar-refractivity contribution in [3.8, 4) is 0 Å². The number of nitrogens with one attached hydrogen (secondary N) is 2. The second-order valence-corrected chi connectivity index (χ2v) is 4.69. The maximum atomic E-state index is 11.7. The molecule has 0 unspecified atom stereocenters. The van der Waals surface area contributed by atoms with Crippen molar-refractivity contribution in [3.63, 3.8) is 0 Å². The van der Waals surface area contributed by atoms with Gasteiger partial charge in [0.1, 0.15) is 0 Å². The van der Waals surface area contributed by atoms with Crippen molar-refractivity contribution in [1.82, 2.24) is 10.6 Å². The first-order chi connectivity index (χ1) is 9.04. The number of carbonyl (C=O) groups is 2. The highest BCUT2D eigenvalue weighted by atomic mass is 16.3. The molecule has 2 rings (SSSR count). The van der Waals surface area contributed by atoms with Crippen molar-refractivity contribution in [2.45, 2.75) is 25.0 Å². The van der Waals surface area contributed by atoms with Crippen molar-refractivity contribution >= 4 is 17.5 Å². The van der Waals surface area contributed by atoms with E-state index in [0.29, 0.717) is 24.1 Å². The van der Waals surface area contributed by atoms with Crippen LogP contribution < -0.4 is 16.4 Å². The van der Waals surface area contributed by atoms with E-state index in [9.17, 15) is 9.59 Å². The molecular weight excluding hydrogens is 246 g/mol. The van der Waals surface area contributed by atoms with Crippen LogP contribution >= 0.6 is 0 Å². The van der Waals surface area contributed by atoms with E-state index in [1.165, 1.54) is 0 Å². The molecule has 6 heteroatoms. The summed E-state index contributed by atoms with van der Waals surface area (Å²) in [5, 5.41) is 14.3. The fraction of sp³-hybridized carbons (Fsp3) is 0.385. The van der Waals surface area contributed by atoms with E-state index in [1.54, 1.807) is 24.3 Å². The topological polar surface area (TPSA) is 104 Å². The summed E-state index contributed by atoms with van der Waals surface area (Å²) in [5.41, 5.74) is 6.56. The zero-order valence-electron chi connectivity index (χ0n) is 10.4. The Labute approximate surface area is 111 Å². The lowest BCUT2D eigenvalue weighted by molar-refractivity contribution is -0.122. The average molecular weight is 263 g/mol. The van der Waals surface area contributed by atoms with E-state index < -0.39 is 0 Å². The number of aliphatic hydroxyl groups is 1. The van der Waals surface area contributed by atoms with Crippen molar-refractivity contribution < 1.29 is 14.7 Å². The molecule has 1 fully saturated rings. The van der Waals surface area contributed by atoms with Gasteiger partial charge in [0.05, 0.1) is 12.6 Å². The zero-order valence-corrected chi connectivity index (χ0v) is 10.4. The van der Waals surface area contributed by atoms with Crippen molar-refractivity contribution in [2.24, 2.45) is 0 Å². The Bertz CT molecular complexity index is 467. The number of benzene rings is 1. The summed E-state index contributed by atoms with van der Waals surface area (Å²) in [6.07, 6.45) is 0.852. The van der Waals surface area contributed by atoms with Gasteiger partial charge in [-0.25, -0.2) is 0 Å². The fourth-order valence-electron chi connectivity index (χ4n) is 1.88. The minimum absolute atomic E-state index is 0.0240. The number of hydrogen-bond donors (Lipinski definition) is 4. The first-order valence-corrected chi connectivity index (χ1v) is 6.16. The number of amides is 2. The van der Waals surface area contributed by atoms with Crippen LogP contribution in [-0.2, 0) is 4.79 Å². The molecule has 19 heavy (non-hydrogen) atoms. The van der Waals surface area contributed by atoms with Gasteiger partial charge in [0.2, 0.25) is 5.91 Å². The van der Waals surface area contributed by atoms with Gasteiger partial charge in [0.15, 0.2) is 0 Å². The molecule has 102 valence electrons. The van der Waals surface area contributed by atoms with Gasteiger partial charge in [-0.15, -0.1) is 0 Å². The minimum atomic E-state index is -0.316. The molecule has 2 amide bonds. The average Bonchev–Trinajstić information content (AvgIpc) is 2.35. The van der Waals surface area contributed by atoms with Gasteiger partial charge in [-0.1, -0.05) is 0 Å². The molecule has 1 aromatic carbocycles. The monoisotopic (exact) mass is 263 g/mol. The predicted molar refractivity (Wildman–Crippen MR) is 70.4 cm³/mol. The third-order valence-electron chi connectivity index (χ3n) is 3.06. The largest absolute Gasteiger partial charge is 0.399 e. The quantitative estimate of drug-likeness (QED) is 0.557. The molecule has 1 aromatic rings. The van der Waals surface area contributed by atoms with Crippen molar-refractivity contribution in [3.05, 3.63) is 29.8 Å². The predicted octanol–water partition coefficient (Wildman–Crippen LogP) is -0.362. The summed E-state index contributed by atoms with van der Waals surface area (Å²) in [6, 6.07) is 6.49. The lowest BCUT2D eigenvalue weighted by Crippen LogP contribution is -2.49. The maximum absolute atomic E-state index is 11.7. The number of nitrogens with two attached hydrogens (primary N) is 1. The Morgan fingerprint density at radius 2 is 1.89 bits per heavy atom. The highest BCUT2D eigenvalue weighted by Gasteiger charge is 2.28. The minimum Gasteiger partial charge on any atom is -0.399 e. The number of hydrogen-bond acceptors (Lipinski definition) is 4. The van der Waals surface area contributed by atoms with Gasteiger partial charge in [-0.2, -0.15) is 0 Å². The van der Waals surface area contributed by atoms with Crippen LogP contribution in [0.1, 0.15) is 23.2 Å². The molecule has 0 saturated heterocycles. The normalized spacial score (nSPS) is 21.3. The standard InChI is InChI=1S/C13H17N3O3/c14-9-3-1-8(2-4-9)13(19)15-7-12(18)16-10-5-11(17)6-10/h1-4,10-11,17H,5-7,14H2,(H,15,19)(H,16,18). The molecule has 0 radical (unpaired) electrons. The Kier molecular flexibility index (Phi) is 4.01. The second-order valence-electron chi connectivity index (χ2n) is 4.69. The second kappa shape index (κ2) is 5.71. The van der Waals surface area contributed by atoms with Crippen LogP contribution in [0.5, 0.6) is 0 Å². The van der Waals surface area contributed by atoms with Crippen molar-refractivity contribution in [2.75, 3.05) is 12.3 Å². The van der Waals surface area contributed by atoms with Crippen LogP contribution in [0.2, 0.25) is 0 Å². The number of anilines is 1. The molecule has 0 aromatic heterocycles. The lowest BCUT2D eigenvalue weighted by Gasteiger charge is -2.31. The summed E-state index contributed by atoms with van der Waals surface area (Å²) < 4.78 is 0. The highest BCUT2D eigenvalue weighted by Crippen LogP contribution is 2.18. The van der Waals surface area contributed by atoms with Gasteiger partial charge < -0.3 is 21.5 Å². The first kappa shape index (κ1) is 13.4. The SMILES string of the molecule is Nc1ccc(C(=O)NCC(=O)NC2CC(O)C2)cc1. The Hall–Kier alpha value is -2.08. The maximum Gasteiger partial charge on any atom is 0.251 e. The van der Waals surface area contributed by atoms with E-state index in [1.807, 2.05) is 0 Å². The first-order valence-electron chi connectivity index (χ1n) is 6.16. The molecular formula is C13H17N3O3. The summed E-state index contributed by atoms with van der Waals surface area (Å²) in [6.45, 7) is -0.0736. The van der Waals surface area contributed by atoms with Crippen LogP contribution in [0.4, 0.5) is 5.69 Å². The molecule has 0 atom stereocenters. The summed E-state index contributed by atoms with van der Waals surface area (Å²) in [5.74, 6) is -0.565. The zero-order chi connectivity index (χ0) is 13.8. The number of aliphatic hydroxyl groups excluding tert-OH is 1. The number of carbonyl (C=O) groups excluding carboxylic acids is 2. The van der Waals surface area contributed by atoms with E-state index in [4.69, 9.17) is 10.8 Å². The van der Waals surface area contributed by atoms with Gasteiger partial charge in [0, 0.05) is 17.3 Å². The summed E-state index contributed by atoms with van der Waals surface area (Å²) in [4.78, 5) is 23.2. The number of nitrogen functional groups attached to an aromatic ring is 1. The third kappa shape index (κ3) is 3.69. The third-order valence-corrected chi connectivity index (χ3v) is 3.06.